The number of carbonyl (C=O) groups is 1. The number of carbonyl (C=O) groups excluding carboxylic acids is 1. The van der Waals surface area contributed by atoms with E-state index in [1.165, 1.54) is 5.56 Å². The van der Waals surface area contributed by atoms with Crippen LogP contribution >= 0.6 is 11.6 Å². The molecule has 0 aliphatic carbocycles. The summed E-state index contributed by atoms with van der Waals surface area (Å²) in [5.41, 5.74) is 2.39. The SMILES string of the molecule is CCCCCN(Cc1cccn1Cc1ccccc1)C(=O)[C@@H](C)Cl. The Kier molecular flexibility index (Phi) is 7.38. The summed E-state index contributed by atoms with van der Waals surface area (Å²) < 4.78 is 2.20. The maximum atomic E-state index is 12.4. The molecule has 0 aliphatic heterocycles. The number of rotatable bonds is 9. The molecule has 1 atom stereocenters. The van der Waals surface area contributed by atoms with E-state index in [1.54, 1.807) is 6.92 Å². The van der Waals surface area contributed by atoms with Crippen LogP contribution in [0.1, 0.15) is 44.4 Å². The molecular formula is C20H27ClN2O. The number of aromatic nitrogens is 1. The van der Waals surface area contributed by atoms with Gasteiger partial charge in [0.05, 0.1) is 6.54 Å². The van der Waals surface area contributed by atoms with Gasteiger partial charge in [-0.2, -0.15) is 0 Å². The van der Waals surface area contributed by atoms with Crippen LogP contribution < -0.4 is 0 Å². The van der Waals surface area contributed by atoms with Gasteiger partial charge in [-0.3, -0.25) is 4.79 Å². The van der Waals surface area contributed by atoms with E-state index in [-0.39, 0.29) is 5.91 Å². The molecule has 2 rings (SSSR count). The number of amides is 1. The van der Waals surface area contributed by atoms with Crippen LogP contribution in [0.2, 0.25) is 0 Å². The van der Waals surface area contributed by atoms with Gasteiger partial charge in [0.2, 0.25) is 5.91 Å². The third-order valence-corrected chi connectivity index (χ3v) is 4.34. The molecular weight excluding hydrogens is 320 g/mol. The van der Waals surface area contributed by atoms with E-state index in [1.807, 2.05) is 29.2 Å². The molecule has 130 valence electrons. The summed E-state index contributed by atoms with van der Waals surface area (Å²) in [6, 6.07) is 14.5. The Morgan fingerprint density at radius 2 is 1.92 bits per heavy atom. The van der Waals surface area contributed by atoms with Gasteiger partial charge in [0.1, 0.15) is 5.38 Å². The minimum atomic E-state index is -0.482. The zero-order chi connectivity index (χ0) is 17.4. The van der Waals surface area contributed by atoms with Crippen molar-refractivity contribution in [2.24, 2.45) is 0 Å². The molecule has 0 unspecified atom stereocenters. The molecule has 0 bridgehead atoms. The first-order chi connectivity index (χ1) is 11.6. The Bertz CT molecular complexity index is 622. The highest BCUT2D eigenvalue weighted by Gasteiger charge is 2.19. The molecule has 2 aromatic rings. The van der Waals surface area contributed by atoms with Crippen molar-refractivity contribution < 1.29 is 4.79 Å². The Hall–Kier alpha value is -1.74. The van der Waals surface area contributed by atoms with Crippen molar-refractivity contribution in [2.45, 2.75) is 51.6 Å². The largest absolute Gasteiger partial charge is 0.345 e. The van der Waals surface area contributed by atoms with Gasteiger partial charge in [-0.15, -0.1) is 11.6 Å². The Balaban J connectivity index is 2.08. The van der Waals surface area contributed by atoms with E-state index in [4.69, 9.17) is 11.6 Å². The van der Waals surface area contributed by atoms with Gasteiger partial charge in [0, 0.05) is 25.0 Å². The fraction of sp³-hybridized carbons (Fsp3) is 0.450. The van der Waals surface area contributed by atoms with E-state index in [2.05, 4.69) is 35.9 Å². The normalized spacial score (nSPS) is 12.1. The average molecular weight is 347 g/mol. The van der Waals surface area contributed by atoms with E-state index < -0.39 is 5.38 Å². The first-order valence-corrected chi connectivity index (χ1v) is 9.16. The summed E-state index contributed by atoms with van der Waals surface area (Å²) in [6.45, 7) is 6.11. The fourth-order valence-electron chi connectivity index (χ4n) is 2.79. The second-order valence-electron chi connectivity index (χ2n) is 6.20. The first-order valence-electron chi connectivity index (χ1n) is 8.72. The molecule has 0 aliphatic rings. The highest BCUT2D eigenvalue weighted by atomic mass is 35.5. The number of benzene rings is 1. The Labute approximate surface area is 150 Å². The van der Waals surface area contributed by atoms with Gasteiger partial charge in [-0.25, -0.2) is 0 Å². The number of hydrogen-bond donors (Lipinski definition) is 0. The minimum absolute atomic E-state index is 0.0141. The van der Waals surface area contributed by atoms with Gasteiger partial charge < -0.3 is 9.47 Å². The maximum absolute atomic E-state index is 12.4. The fourth-order valence-corrected chi connectivity index (χ4v) is 2.93. The predicted octanol–water partition coefficient (Wildman–Crippen LogP) is 4.68. The van der Waals surface area contributed by atoms with Crippen LogP contribution in [0.3, 0.4) is 0 Å². The lowest BCUT2D eigenvalue weighted by Gasteiger charge is -2.25. The zero-order valence-electron chi connectivity index (χ0n) is 14.6. The standard InChI is InChI=1S/C20H27ClN2O/c1-3-4-8-13-23(20(24)17(2)21)16-19-12-9-14-22(19)15-18-10-6-5-7-11-18/h5-7,9-12,14,17H,3-4,8,13,15-16H2,1-2H3/t17-/m1/s1. The molecule has 1 aromatic heterocycles. The second kappa shape index (κ2) is 9.53. The molecule has 1 heterocycles. The van der Waals surface area contributed by atoms with Gasteiger partial charge >= 0.3 is 0 Å². The Morgan fingerprint density at radius 1 is 1.17 bits per heavy atom. The van der Waals surface area contributed by atoms with Gasteiger partial charge in [0.25, 0.3) is 0 Å². The molecule has 24 heavy (non-hydrogen) atoms. The first kappa shape index (κ1) is 18.6. The van der Waals surface area contributed by atoms with Crippen LogP contribution in [0.4, 0.5) is 0 Å². The second-order valence-corrected chi connectivity index (χ2v) is 6.85. The van der Waals surface area contributed by atoms with Crippen molar-refractivity contribution in [3.8, 4) is 0 Å². The summed E-state index contributed by atoms with van der Waals surface area (Å²) in [5.74, 6) is 0.0141. The number of alkyl halides is 1. The summed E-state index contributed by atoms with van der Waals surface area (Å²) >= 11 is 6.05. The number of nitrogens with zero attached hydrogens (tertiary/aromatic N) is 2. The van der Waals surface area contributed by atoms with Crippen LogP contribution in [0.5, 0.6) is 0 Å². The topological polar surface area (TPSA) is 25.2 Å². The van der Waals surface area contributed by atoms with Crippen LogP contribution in [0, 0.1) is 0 Å². The molecule has 0 N–H and O–H groups in total. The van der Waals surface area contributed by atoms with Crippen molar-refractivity contribution >= 4 is 17.5 Å². The monoisotopic (exact) mass is 346 g/mol. The summed E-state index contributed by atoms with van der Waals surface area (Å²) in [7, 11) is 0. The highest BCUT2D eigenvalue weighted by molar-refractivity contribution is 6.30. The van der Waals surface area contributed by atoms with Crippen LogP contribution in [-0.2, 0) is 17.9 Å². The van der Waals surface area contributed by atoms with Crippen molar-refractivity contribution in [3.63, 3.8) is 0 Å². The molecule has 4 heteroatoms. The van der Waals surface area contributed by atoms with Crippen molar-refractivity contribution in [2.75, 3.05) is 6.54 Å². The predicted molar refractivity (Wildman–Crippen MR) is 100 cm³/mol. The van der Waals surface area contributed by atoms with Crippen LogP contribution in [0.25, 0.3) is 0 Å². The third kappa shape index (κ3) is 5.41. The lowest BCUT2D eigenvalue weighted by Crippen LogP contribution is -2.36. The van der Waals surface area contributed by atoms with Gasteiger partial charge in [0.15, 0.2) is 0 Å². The average Bonchev–Trinajstić information content (AvgIpc) is 3.01. The number of unbranched alkanes of at least 4 members (excludes halogenated alkanes) is 2. The smallest absolute Gasteiger partial charge is 0.240 e. The highest BCUT2D eigenvalue weighted by Crippen LogP contribution is 2.14. The van der Waals surface area contributed by atoms with Crippen LogP contribution in [-0.4, -0.2) is 27.3 Å². The number of hydrogen-bond acceptors (Lipinski definition) is 1. The van der Waals surface area contributed by atoms with E-state index in [9.17, 15) is 4.79 Å². The quantitative estimate of drug-likeness (QED) is 0.478. The molecule has 0 saturated carbocycles. The molecule has 1 amide bonds. The van der Waals surface area contributed by atoms with Crippen molar-refractivity contribution in [1.82, 2.24) is 9.47 Å². The minimum Gasteiger partial charge on any atom is -0.345 e. The third-order valence-electron chi connectivity index (χ3n) is 4.16. The molecule has 0 spiro atoms. The maximum Gasteiger partial charge on any atom is 0.240 e. The number of halogens is 1. The van der Waals surface area contributed by atoms with Crippen molar-refractivity contribution in [1.29, 1.82) is 0 Å². The van der Waals surface area contributed by atoms with Gasteiger partial charge in [-0.1, -0.05) is 50.1 Å². The molecule has 0 fully saturated rings. The molecule has 1 aromatic carbocycles. The summed E-state index contributed by atoms with van der Waals surface area (Å²) in [4.78, 5) is 14.3. The molecule has 3 nitrogen and oxygen atoms in total. The van der Waals surface area contributed by atoms with Gasteiger partial charge in [-0.05, 0) is 31.0 Å². The lowest BCUT2D eigenvalue weighted by atomic mass is 10.2. The zero-order valence-corrected chi connectivity index (χ0v) is 15.4. The molecule has 0 radical (unpaired) electrons. The molecule has 0 saturated heterocycles. The Morgan fingerprint density at radius 3 is 2.58 bits per heavy atom. The van der Waals surface area contributed by atoms with E-state index in [0.29, 0.717) is 6.54 Å². The van der Waals surface area contributed by atoms with Crippen LogP contribution in [0.15, 0.2) is 48.7 Å². The van der Waals surface area contributed by atoms with E-state index in [0.717, 1.165) is 38.0 Å². The summed E-state index contributed by atoms with van der Waals surface area (Å²) in [6.07, 6.45) is 5.36. The van der Waals surface area contributed by atoms with E-state index >= 15 is 0 Å². The van der Waals surface area contributed by atoms with Crippen molar-refractivity contribution in [3.05, 3.63) is 59.9 Å². The lowest BCUT2D eigenvalue weighted by molar-refractivity contribution is -0.131. The summed E-state index contributed by atoms with van der Waals surface area (Å²) in [5, 5.41) is -0.482.